The van der Waals surface area contributed by atoms with Crippen molar-refractivity contribution >= 4 is 40.6 Å². The van der Waals surface area contributed by atoms with Gasteiger partial charge in [0, 0.05) is 16.5 Å². The van der Waals surface area contributed by atoms with Gasteiger partial charge in [-0.2, -0.15) is 5.10 Å². The number of rotatable bonds is 4. The van der Waals surface area contributed by atoms with E-state index in [0.717, 1.165) is 30.1 Å². The lowest BCUT2D eigenvalue weighted by Gasteiger charge is -2.24. The number of anilines is 2. The molecule has 3 aromatic rings. The van der Waals surface area contributed by atoms with Gasteiger partial charge < -0.3 is 10.2 Å². The van der Waals surface area contributed by atoms with Crippen molar-refractivity contribution in [3.05, 3.63) is 60.1 Å². The molecule has 138 valence electrons. The zero-order chi connectivity index (χ0) is 18.6. The quantitative estimate of drug-likeness (QED) is 0.721. The Bertz CT molecular complexity index is 947. The molecule has 1 aliphatic rings. The molecule has 0 atom stereocenters. The van der Waals surface area contributed by atoms with Crippen molar-refractivity contribution < 1.29 is 4.79 Å². The molecule has 8 heteroatoms. The van der Waals surface area contributed by atoms with Crippen LogP contribution in [0.25, 0.3) is 5.69 Å². The van der Waals surface area contributed by atoms with E-state index in [2.05, 4.69) is 32.4 Å². The summed E-state index contributed by atoms with van der Waals surface area (Å²) in [5.41, 5.74) is 2.44. The van der Waals surface area contributed by atoms with E-state index in [-0.39, 0.29) is 12.5 Å². The largest absolute Gasteiger partial charge is 0.361 e. The van der Waals surface area contributed by atoms with Crippen LogP contribution >= 0.6 is 23.4 Å². The molecule has 0 saturated carbocycles. The van der Waals surface area contributed by atoms with Crippen molar-refractivity contribution in [1.29, 1.82) is 0 Å². The summed E-state index contributed by atoms with van der Waals surface area (Å²) in [5.74, 6) is 0.959. The van der Waals surface area contributed by atoms with Crippen LogP contribution in [-0.4, -0.2) is 39.5 Å². The van der Waals surface area contributed by atoms with Crippen LogP contribution in [0.2, 0.25) is 5.02 Å². The number of carbonyl (C=O) groups is 1. The van der Waals surface area contributed by atoms with Gasteiger partial charge in [-0.3, -0.25) is 4.79 Å². The maximum absolute atomic E-state index is 12.8. The van der Waals surface area contributed by atoms with Crippen LogP contribution in [0.4, 0.5) is 11.4 Å². The van der Waals surface area contributed by atoms with Gasteiger partial charge in [-0.1, -0.05) is 23.7 Å². The van der Waals surface area contributed by atoms with Crippen molar-refractivity contribution in [2.24, 2.45) is 0 Å². The average Bonchev–Trinajstić information content (AvgIpc) is 3.11. The third kappa shape index (κ3) is 4.09. The Hall–Kier alpha value is -2.51. The monoisotopic (exact) mass is 399 g/mol. The van der Waals surface area contributed by atoms with E-state index >= 15 is 0 Å². The number of carbonyl (C=O) groups excluding carboxylic acids is 1. The molecular weight excluding hydrogens is 382 g/mol. The lowest BCUT2D eigenvalue weighted by molar-refractivity contribution is -0.115. The summed E-state index contributed by atoms with van der Waals surface area (Å²) in [4.78, 5) is 20.1. The van der Waals surface area contributed by atoms with Gasteiger partial charge in [-0.15, -0.1) is 11.8 Å². The van der Waals surface area contributed by atoms with Gasteiger partial charge in [0.15, 0.2) is 0 Å². The smallest absolute Gasteiger partial charge is 0.243 e. The van der Waals surface area contributed by atoms with E-state index in [1.807, 2.05) is 30.0 Å². The highest BCUT2D eigenvalue weighted by atomic mass is 35.5. The normalized spacial score (nSPS) is 13.7. The van der Waals surface area contributed by atoms with Gasteiger partial charge in [0.25, 0.3) is 0 Å². The Morgan fingerprint density at radius 1 is 1.22 bits per heavy atom. The van der Waals surface area contributed by atoms with Crippen LogP contribution in [0.3, 0.4) is 0 Å². The number of hydrogen-bond acceptors (Lipinski definition) is 5. The number of amides is 1. The van der Waals surface area contributed by atoms with Gasteiger partial charge >= 0.3 is 0 Å². The van der Waals surface area contributed by atoms with E-state index in [4.69, 9.17) is 11.6 Å². The molecule has 1 N–H and O–H groups in total. The van der Waals surface area contributed by atoms with E-state index in [9.17, 15) is 4.79 Å². The molecule has 27 heavy (non-hydrogen) atoms. The minimum absolute atomic E-state index is 0.0969. The molecule has 0 radical (unpaired) electrons. The van der Waals surface area contributed by atoms with Crippen LogP contribution < -0.4 is 10.2 Å². The molecule has 6 nitrogen and oxygen atoms in total. The van der Waals surface area contributed by atoms with Crippen molar-refractivity contribution in [2.75, 3.05) is 29.1 Å². The first-order valence-electron chi connectivity index (χ1n) is 8.62. The summed E-state index contributed by atoms with van der Waals surface area (Å²) in [6.07, 6.45) is 4.07. The number of para-hydroxylation sites is 1. The maximum Gasteiger partial charge on any atom is 0.243 e. The van der Waals surface area contributed by atoms with Crippen LogP contribution in [0.1, 0.15) is 6.42 Å². The summed E-state index contributed by atoms with van der Waals surface area (Å²) in [6.45, 7) is 1.13. The van der Waals surface area contributed by atoms with Crippen molar-refractivity contribution in [1.82, 2.24) is 14.8 Å². The molecule has 0 saturated heterocycles. The number of thioether (sulfide) groups is 1. The fourth-order valence-electron chi connectivity index (χ4n) is 3.07. The van der Waals surface area contributed by atoms with E-state index in [1.54, 1.807) is 23.1 Å². The SMILES string of the molecule is O=C(CN1CCCSc2ccccc21)Nc1cc(Cl)ccc1-n1cncn1. The maximum atomic E-state index is 12.8. The second-order valence-corrected chi connectivity index (χ2v) is 7.71. The third-order valence-electron chi connectivity index (χ3n) is 4.27. The fourth-order valence-corrected chi connectivity index (χ4v) is 4.25. The van der Waals surface area contributed by atoms with Crippen molar-refractivity contribution in [3.8, 4) is 5.69 Å². The van der Waals surface area contributed by atoms with Crippen molar-refractivity contribution in [2.45, 2.75) is 11.3 Å². The molecule has 0 spiro atoms. The lowest BCUT2D eigenvalue weighted by atomic mass is 10.2. The van der Waals surface area contributed by atoms with Crippen LogP contribution in [0.15, 0.2) is 60.0 Å². The average molecular weight is 400 g/mol. The Kier molecular flexibility index (Phi) is 5.31. The lowest BCUT2D eigenvalue weighted by Crippen LogP contribution is -2.34. The number of hydrogen-bond donors (Lipinski definition) is 1. The Morgan fingerprint density at radius 2 is 2.11 bits per heavy atom. The molecule has 0 bridgehead atoms. The predicted octanol–water partition coefficient (Wildman–Crippen LogP) is 3.86. The van der Waals surface area contributed by atoms with Crippen molar-refractivity contribution in [3.63, 3.8) is 0 Å². The highest BCUT2D eigenvalue weighted by Crippen LogP contribution is 2.33. The number of halogens is 1. The first-order chi connectivity index (χ1) is 13.2. The van der Waals surface area contributed by atoms with Gasteiger partial charge in [0.1, 0.15) is 12.7 Å². The fraction of sp³-hybridized carbons (Fsp3) is 0.211. The second-order valence-electron chi connectivity index (χ2n) is 6.14. The minimum Gasteiger partial charge on any atom is -0.361 e. The van der Waals surface area contributed by atoms with Gasteiger partial charge in [0.05, 0.1) is 23.6 Å². The predicted molar refractivity (Wildman–Crippen MR) is 109 cm³/mol. The minimum atomic E-state index is -0.0969. The second kappa shape index (κ2) is 8.02. The number of fused-ring (bicyclic) bond motifs is 1. The molecule has 1 aromatic heterocycles. The summed E-state index contributed by atoms with van der Waals surface area (Å²) < 4.78 is 1.60. The zero-order valence-corrected chi connectivity index (χ0v) is 16.1. The molecular formula is C19H18ClN5OS. The summed E-state index contributed by atoms with van der Waals surface area (Å²) in [5, 5.41) is 7.66. The number of nitrogens with one attached hydrogen (secondary N) is 1. The standard InChI is InChI=1S/C19H18ClN5OS/c20-14-6-7-16(25-13-21-12-22-25)15(10-14)23-19(26)11-24-8-3-9-27-18-5-2-1-4-17(18)24/h1-2,4-7,10,12-13H,3,8-9,11H2,(H,23,26). The zero-order valence-electron chi connectivity index (χ0n) is 14.5. The topological polar surface area (TPSA) is 63.1 Å². The molecule has 0 fully saturated rings. The van der Waals surface area contributed by atoms with E-state index in [0.29, 0.717) is 10.7 Å². The first kappa shape index (κ1) is 17.9. The Balaban J connectivity index is 1.55. The summed E-state index contributed by atoms with van der Waals surface area (Å²) in [6, 6.07) is 13.5. The number of benzene rings is 2. The first-order valence-corrected chi connectivity index (χ1v) is 9.98. The van der Waals surface area contributed by atoms with Gasteiger partial charge in [0.2, 0.25) is 5.91 Å². The van der Waals surface area contributed by atoms with E-state index in [1.165, 1.54) is 11.2 Å². The molecule has 1 amide bonds. The van der Waals surface area contributed by atoms with Crippen LogP contribution in [0.5, 0.6) is 0 Å². The number of nitrogens with zero attached hydrogens (tertiary/aromatic N) is 4. The third-order valence-corrected chi connectivity index (χ3v) is 5.65. The summed E-state index contributed by atoms with van der Waals surface area (Å²) in [7, 11) is 0. The number of aromatic nitrogens is 3. The van der Waals surface area contributed by atoms with Gasteiger partial charge in [-0.05, 0) is 42.5 Å². The highest BCUT2D eigenvalue weighted by Gasteiger charge is 2.19. The van der Waals surface area contributed by atoms with E-state index < -0.39 is 0 Å². The molecule has 2 aromatic carbocycles. The van der Waals surface area contributed by atoms with Crippen LogP contribution in [0, 0.1) is 0 Å². The van der Waals surface area contributed by atoms with Gasteiger partial charge in [-0.25, -0.2) is 9.67 Å². The Labute approximate surface area is 166 Å². The molecule has 2 heterocycles. The highest BCUT2D eigenvalue weighted by molar-refractivity contribution is 7.99. The van der Waals surface area contributed by atoms with Crippen LogP contribution in [-0.2, 0) is 4.79 Å². The molecule has 0 aliphatic carbocycles. The molecule has 0 unspecified atom stereocenters. The molecule has 1 aliphatic heterocycles. The Morgan fingerprint density at radius 3 is 2.96 bits per heavy atom. The molecule has 4 rings (SSSR count). The summed E-state index contributed by atoms with van der Waals surface area (Å²) >= 11 is 7.97.